The number of benzene rings is 1. The lowest BCUT2D eigenvalue weighted by molar-refractivity contribution is -0.130. The molecule has 1 saturated heterocycles. The highest BCUT2D eigenvalue weighted by Crippen LogP contribution is 2.23. The minimum Gasteiger partial charge on any atom is -0.342 e. The van der Waals surface area contributed by atoms with E-state index in [9.17, 15) is 4.79 Å². The molecule has 1 unspecified atom stereocenters. The van der Waals surface area contributed by atoms with Crippen LogP contribution in [0, 0.1) is 12.8 Å². The average molecular weight is 345 g/mol. The number of nitrogens with two attached hydrogens (primary N) is 1. The highest BCUT2D eigenvalue weighted by atomic mass is 32.2. The van der Waals surface area contributed by atoms with Gasteiger partial charge in [0.05, 0.1) is 5.75 Å². The molecule has 1 aliphatic heterocycles. The molecular weight excluding hydrogens is 322 g/mol. The first-order valence-electron chi connectivity index (χ1n) is 8.22. The molecule has 0 bridgehead atoms. The fraction of sp³-hybridized carbons (Fsp3) is 0.471. The Balaban J connectivity index is 1.64. The molecule has 1 aliphatic rings. The third-order valence-electron chi connectivity index (χ3n) is 4.31. The number of piperidine rings is 1. The molecule has 2 heterocycles. The number of aryl methyl sites for hydroxylation is 1. The van der Waals surface area contributed by atoms with Gasteiger partial charge in [-0.2, -0.15) is 0 Å². The van der Waals surface area contributed by atoms with Crippen molar-refractivity contribution in [2.45, 2.75) is 31.8 Å². The zero-order valence-electron chi connectivity index (χ0n) is 14.1. The van der Waals surface area contributed by atoms with Crippen molar-refractivity contribution in [2.24, 2.45) is 5.92 Å². The SMILES string of the molecule is Cc1ccc(-c2nnc(SCC(=O)N3CCCC(C)C3)n2N)cc1. The van der Waals surface area contributed by atoms with Crippen LogP contribution in [0.1, 0.15) is 25.3 Å². The molecule has 1 fully saturated rings. The van der Waals surface area contributed by atoms with Crippen LogP contribution in [-0.2, 0) is 4.79 Å². The maximum Gasteiger partial charge on any atom is 0.233 e. The Bertz CT molecular complexity index is 712. The van der Waals surface area contributed by atoms with Crippen LogP contribution in [0.25, 0.3) is 11.4 Å². The predicted octanol–water partition coefficient (Wildman–Crippen LogP) is 2.32. The quantitative estimate of drug-likeness (QED) is 0.680. The van der Waals surface area contributed by atoms with Gasteiger partial charge in [0.1, 0.15) is 0 Å². The van der Waals surface area contributed by atoms with Gasteiger partial charge in [-0.1, -0.05) is 48.5 Å². The van der Waals surface area contributed by atoms with Gasteiger partial charge >= 0.3 is 0 Å². The summed E-state index contributed by atoms with van der Waals surface area (Å²) in [6, 6.07) is 7.96. The number of carbonyl (C=O) groups is 1. The van der Waals surface area contributed by atoms with Crippen LogP contribution in [0.15, 0.2) is 29.4 Å². The fourth-order valence-corrected chi connectivity index (χ4v) is 3.67. The topological polar surface area (TPSA) is 77.0 Å². The van der Waals surface area contributed by atoms with Crippen molar-refractivity contribution in [1.29, 1.82) is 0 Å². The van der Waals surface area contributed by atoms with Crippen molar-refractivity contribution in [3.05, 3.63) is 29.8 Å². The van der Waals surface area contributed by atoms with Crippen molar-refractivity contribution in [3.8, 4) is 11.4 Å². The smallest absolute Gasteiger partial charge is 0.233 e. The van der Waals surface area contributed by atoms with E-state index in [1.807, 2.05) is 36.1 Å². The molecule has 7 heteroatoms. The molecule has 0 spiro atoms. The molecule has 1 amide bonds. The van der Waals surface area contributed by atoms with E-state index in [4.69, 9.17) is 5.84 Å². The number of nitrogen functional groups attached to an aromatic ring is 1. The fourth-order valence-electron chi connectivity index (χ4n) is 2.91. The number of likely N-dealkylation sites (tertiary alicyclic amines) is 1. The number of rotatable bonds is 4. The Labute approximate surface area is 146 Å². The third-order valence-corrected chi connectivity index (χ3v) is 5.24. The Hall–Kier alpha value is -2.02. The lowest BCUT2D eigenvalue weighted by atomic mass is 10.0. The average Bonchev–Trinajstić information content (AvgIpc) is 2.94. The van der Waals surface area contributed by atoms with E-state index >= 15 is 0 Å². The molecule has 128 valence electrons. The van der Waals surface area contributed by atoms with Crippen LogP contribution in [0.4, 0.5) is 0 Å². The van der Waals surface area contributed by atoms with Crippen molar-refractivity contribution in [3.63, 3.8) is 0 Å². The summed E-state index contributed by atoms with van der Waals surface area (Å²) in [6.45, 7) is 5.93. The number of carbonyl (C=O) groups excluding carboxylic acids is 1. The molecule has 1 aromatic carbocycles. The Morgan fingerprint density at radius 1 is 1.33 bits per heavy atom. The van der Waals surface area contributed by atoms with Gasteiger partial charge in [-0.05, 0) is 25.7 Å². The van der Waals surface area contributed by atoms with E-state index in [0.29, 0.717) is 22.7 Å². The second kappa shape index (κ2) is 7.25. The lowest BCUT2D eigenvalue weighted by Gasteiger charge is -2.30. The Morgan fingerprint density at radius 3 is 2.79 bits per heavy atom. The molecule has 0 aliphatic carbocycles. The molecular formula is C17H23N5OS. The molecule has 1 atom stereocenters. The van der Waals surface area contributed by atoms with Gasteiger partial charge in [0.2, 0.25) is 11.1 Å². The van der Waals surface area contributed by atoms with Crippen LogP contribution in [0.2, 0.25) is 0 Å². The van der Waals surface area contributed by atoms with Gasteiger partial charge in [-0.3, -0.25) is 4.79 Å². The van der Waals surface area contributed by atoms with Gasteiger partial charge in [0.25, 0.3) is 0 Å². The summed E-state index contributed by atoms with van der Waals surface area (Å²) in [5.74, 6) is 7.78. The van der Waals surface area contributed by atoms with Gasteiger partial charge in [0, 0.05) is 18.7 Å². The molecule has 3 rings (SSSR count). The largest absolute Gasteiger partial charge is 0.342 e. The van der Waals surface area contributed by atoms with Gasteiger partial charge in [-0.25, -0.2) is 4.68 Å². The maximum absolute atomic E-state index is 12.3. The number of aromatic nitrogens is 3. The van der Waals surface area contributed by atoms with Crippen molar-refractivity contribution in [2.75, 3.05) is 24.7 Å². The third kappa shape index (κ3) is 3.72. The molecule has 0 saturated carbocycles. The van der Waals surface area contributed by atoms with Gasteiger partial charge in [-0.15, -0.1) is 10.2 Å². The van der Waals surface area contributed by atoms with Crippen LogP contribution >= 0.6 is 11.8 Å². The van der Waals surface area contributed by atoms with Crippen molar-refractivity contribution < 1.29 is 4.79 Å². The van der Waals surface area contributed by atoms with E-state index in [0.717, 1.165) is 25.1 Å². The minimum atomic E-state index is 0.145. The number of amides is 1. The normalized spacial score (nSPS) is 17.9. The van der Waals surface area contributed by atoms with Crippen molar-refractivity contribution >= 4 is 17.7 Å². The van der Waals surface area contributed by atoms with E-state index < -0.39 is 0 Å². The number of thioether (sulfide) groups is 1. The maximum atomic E-state index is 12.3. The number of hydrogen-bond donors (Lipinski definition) is 1. The summed E-state index contributed by atoms with van der Waals surface area (Å²) in [6.07, 6.45) is 2.29. The summed E-state index contributed by atoms with van der Waals surface area (Å²) >= 11 is 1.34. The predicted molar refractivity (Wildman–Crippen MR) is 96.0 cm³/mol. The van der Waals surface area contributed by atoms with E-state index in [1.54, 1.807) is 0 Å². The van der Waals surface area contributed by atoms with Gasteiger partial charge < -0.3 is 10.7 Å². The van der Waals surface area contributed by atoms with E-state index in [2.05, 4.69) is 17.1 Å². The summed E-state index contributed by atoms with van der Waals surface area (Å²) in [4.78, 5) is 14.3. The first kappa shape index (κ1) is 16.8. The second-order valence-electron chi connectivity index (χ2n) is 6.42. The van der Waals surface area contributed by atoms with E-state index in [1.165, 1.54) is 28.4 Å². The second-order valence-corrected chi connectivity index (χ2v) is 7.36. The summed E-state index contributed by atoms with van der Waals surface area (Å²) in [7, 11) is 0. The molecule has 2 aromatic rings. The highest BCUT2D eigenvalue weighted by Gasteiger charge is 2.22. The van der Waals surface area contributed by atoms with Gasteiger partial charge in [0.15, 0.2) is 5.82 Å². The summed E-state index contributed by atoms with van der Waals surface area (Å²) in [5.41, 5.74) is 2.09. The highest BCUT2D eigenvalue weighted by molar-refractivity contribution is 7.99. The number of hydrogen-bond acceptors (Lipinski definition) is 5. The lowest BCUT2D eigenvalue weighted by Crippen LogP contribution is -2.40. The number of nitrogens with zero attached hydrogens (tertiary/aromatic N) is 4. The molecule has 0 radical (unpaired) electrons. The minimum absolute atomic E-state index is 0.145. The first-order chi connectivity index (χ1) is 11.5. The summed E-state index contributed by atoms with van der Waals surface area (Å²) in [5, 5.41) is 8.85. The molecule has 1 aromatic heterocycles. The molecule has 24 heavy (non-hydrogen) atoms. The van der Waals surface area contributed by atoms with Crippen LogP contribution < -0.4 is 5.84 Å². The molecule has 6 nitrogen and oxygen atoms in total. The Kier molecular flexibility index (Phi) is 5.08. The monoisotopic (exact) mass is 345 g/mol. The summed E-state index contributed by atoms with van der Waals surface area (Å²) < 4.78 is 1.46. The zero-order chi connectivity index (χ0) is 17.1. The first-order valence-corrected chi connectivity index (χ1v) is 9.21. The van der Waals surface area contributed by atoms with Crippen LogP contribution in [-0.4, -0.2) is 44.5 Å². The van der Waals surface area contributed by atoms with Crippen molar-refractivity contribution in [1.82, 2.24) is 19.8 Å². The standard InChI is InChI=1S/C17H23N5OS/c1-12-5-7-14(8-6-12)16-19-20-17(22(16)18)24-11-15(23)21-9-3-4-13(2)10-21/h5-8,13H,3-4,9-11,18H2,1-2H3. The Morgan fingerprint density at radius 2 is 2.08 bits per heavy atom. The van der Waals surface area contributed by atoms with Crippen LogP contribution in [0.5, 0.6) is 0 Å². The molecule has 2 N–H and O–H groups in total. The van der Waals surface area contributed by atoms with Crippen LogP contribution in [0.3, 0.4) is 0 Å². The zero-order valence-corrected chi connectivity index (χ0v) is 14.9. The van der Waals surface area contributed by atoms with E-state index in [-0.39, 0.29) is 5.91 Å².